The van der Waals surface area contributed by atoms with Crippen molar-refractivity contribution in [2.24, 2.45) is 0 Å². The average Bonchev–Trinajstić information content (AvgIpc) is 2.27. The van der Waals surface area contributed by atoms with Crippen LogP contribution in [0.3, 0.4) is 0 Å². The van der Waals surface area contributed by atoms with Gasteiger partial charge in [0.1, 0.15) is 0 Å². The fourth-order valence-corrected chi connectivity index (χ4v) is 1.62. The second-order valence-corrected chi connectivity index (χ2v) is 3.43. The van der Waals surface area contributed by atoms with Crippen LogP contribution in [-0.2, 0) is 0 Å². The van der Waals surface area contributed by atoms with Crippen molar-refractivity contribution >= 4 is 5.52 Å². The second kappa shape index (κ2) is 2.49. The zero-order valence-corrected chi connectivity index (χ0v) is 8.01. The Balaban J connectivity index is 3.03. The Hall–Kier alpha value is -1.51. The molecule has 0 fully saturated rings. The minimum atomic E-state index is -0.0550. The lowest BCUT2D eigenvalue weighted by molar-refractivity contribution is 0.942. The average molecular weight is 176 g/mol. The summed E-state index contributed by atoms with van der Waals surface area (Å²) < 4.78 is 1.70. The lowest BCUT2D eigenvalue weighted by Gasteiger charge is -1.98. The minimum Gasteiger partial charge on any atom is -0.311 e. The van der Waals surface area contributed by atoms with E-state index < -0.39 is 0 Å². The molecule has 3 heteroatoms. The predicted octanol–water partition coefficient (Wildman–Crippen LogP) is 1.55. The fourth-order valence-electron chi connectivity index (χ4n) is 1.62. The Morgan fingerprint density at radius 3 is 2.62 bits per heavy atom. The summed E-state index contributed by atoms with van der Waals surface area (Å²) in [4.78, 5) is 14.3. The van der Waals surface area contributed by atoms with Crippen molar-refractivity contribution in [3.8, 4) is 0 Å². The molecule has 1 N–H and O–H groups in total. The Morgan fingerprint density at radius 2 is 1.92 bits per heavy atom. The molecule has 0 saturated carbocycles. The van der Waals surface area contributed by atoms with E-state index in [9.17, 15) is 4.79 Å². The van der Waals surface area contributed by atoms with Crippen LogP contribution in [0.1, 0.15) is 17.0 Å². The third kappa shape index (κ3) is 1.08. The van der Waals surface area contributed by atoms with Gasteiger partial charge in [-0.15, -0.1) is 0 Å². The Bertz CT molecular complexity index is 519. The highest BCUT2D eigenvalue weighted by Gasteiger charge is 2.04. The monoisotopic (exact) mass is 176 g/mol. The largest absolute Gasteiger partial charge is 0.330 e. The van der Waals surface area contributed by atoms with Crippen LogP contribution in [0.2, 0.25) is 0 Å². The van der Waals surface area contributed by atoms with Crippen LogP contribution in [0.5, 0.6) is 0 Å². The summed E-state index contributed by atoms with van der Waals surface area (Å²) in [6.45, 7) is 5.85. The summed E-state index contributed by atoms with van der Waals surface area (Å²) in [5, 5.41) is 0. The van der Waals surface area contributed by atoms with Gasteiger partial charge in [-0.2, -0.15) is 0 Å². The maximum atomic E-state index is 11.5. The molecular weight excluding hydrogens is 164 g/mol. The molecule has 2 rings (SSSR count). The van der Waals surface area contributed by atoms with Gasteiger partial charge in [-0.05, 0) is 38.5 Å². The third-order valence-electron chi connectivity index (χ3n) is 2.40. The highest BCUT2D eigenvalue weighted by atomic mass is 16.1. The smallest absolute Gasteiger partial charge is 0.311 e. The first-order valence-corrected chi connectivity index (χ1v) is 4.28. The number of aromatic nitrogens is 2. The SMILES string of the molecule is Cc1cc2cc(C)c(C)n2c(=O)[nH]1. The highest BCUT2D eigenvalue weighted by molar-refractivity contribution is 5.53. The first-order valence-electron chi connectivity index (χ1n) is 4.28. The van der Waals surface area contributed by atoms with Crippen LogP contribution < -0.4 is 5.69 Å². The molecule has 2 aromatic rings. The summed E-state index contributed by atoms with van der Waals surface area (Å²) in [6, 6.07) is 4.00. The molecule has 0 aromatic carbocycles. The summed E-state index contributed by atoms with van der Waals surface area (Å²) in [7, 11) is 0. The maximum absolute atomic E-state index is 11.5. The third-order valence-corrected chi connectivity index (χ3v) is 2.40. The lowest BCUT2D eigenvalue weighted by atomic mass is 10.3. The van der Waals surface area contributed by atoms with E-state index in [1.807, 2.05) is 32.9 Å². The van der Waals surface area contributed by atoms with Gasteiger partial charge in [-0.25, -0.2) is 4.79 Å². The molecule has 68 valence electrons. The number of aromatic amines is 1. The summed E-state index contributed by atoms with van der Waals surface area (Å²) >= 11 is 0. The van der Waals surface area contributed by atoms with Crippen LogP contribution in [0.4, 0.5) is 0 Å². The number of rotatable bonds is 0. The molecule has 0 bridgehead atoms. The second-order valence-electron chi connectivity index (χ2n) is 3.43. The topological polar surface area (TPSA) is 37.3 Å². The van der Waals surface area contributed by atoms with Gasteiger partial charge < -0.3 is 4.98 Å². The molecule has 0 atom stereocenters. The maximum Gasteiger partial charge on any atom is 0.330 e. The number of hydrogen-bond donors (Lipinski definition) is 1. The summed E-state index contributed by atoms with van der Waals surface area (Å²) in [5.41, 5.74) is 3.97. The molecule has 0 spiro atoms. The molecule has 0 aliphatic carbocycles. The Morgan fingerprint density at radius 1 is 1.23 bits per heavy atom. The lowest BCUT2D eigenvalue weighted by Crippen LogP contribution is -2.17. The van der Waals surface area contributed by atoms with E-state index in [-0.39, 0.29) is 5.69 Å². The van der Waals surface area contributed by atoms with E-state index in [4.69, 9.17) is 0 Å². The number of H-pyrrole nitrogens is 1. The van der Waals surface area contributed by atoms with Crippen molar-refractivity contribution in [2.45, 2.75) is 20.8 Å². The molecule has 0 aliphatic rings. The standard InChI is InChI=1S/C10H12N2O/c1-6-4-9-5-7(2)11-10(13)12(9)8(6)3/h4-5H,1-3H3,(H,11,13). The van der Waals surface area contributed by atoms with Crippen LogP contribution in [0.15, 0.2) is 16.9 Å². The van der Waals surface area contributed by atoms with E-state index in [0.29, 0.717) is 0 Å². The van der Waals surface area contributed by atoms with Gasteiger partial charge >= 0.3 is 5.69 Å². The number of aryl methyl sites for hydroxylation is 3. The van der Waals surface area contributed by atoms with E-state index in [1.54, 1.807) is 4.40 Å². The molecule has 13 heavy (non-hydrogen) atoms. The molecular formula is C10H12N2O. The Kier molecular flexibility index (Phi) is 1.55. The quantitative estimate of drug-likeness (QED) is 0.649. The van der Waals surface area contributed by atoms with Gasteiger partial charge in [0.05, 0.1) is 5.52 Å². The van der Waals surface area contributed by atoms with Crippen LogP contribution in [0.25, 0.3) is 5.52 Å². The highest BCUT2D eigenvalue weighted by Crippen LogP contribution is 2.12. The van der Waals surface area contributed by atoms with Crippen molar-refractivity contribution in [2.75, 3.05) is 0 Å². The number of fused-ring (bicyclic) bond motifs is 1. The molecule has 2 aromatic heterocycles. The number of nitrogens with zero attached hydrogens (tertiary/aromatic N) is 1. The molecule has 0 amide bonds. The van der Waals surface area contributed by atoms with Crippen LogP contribution in [-0.4, -0.2) is 9.38 Å². The van der Waals surface area contributed by atoms with Crippen molar-refractivity contribution in [3.63, 3.8) is 0 Å². The van der Waals surface area contributed by atoms with Crippen LogP contribution >= 0.6 is 0 Å². The first kappa shape index (κ1) is 8.10. The van der Waals surface area contributed by atoms with Gasteiger partial charge in [0, 0.05) is 11.4 Å². The van der Waals surface area contributed by atoms with Gasteiger partial charge in [-0.3, -0.25) is 4.40 Å². The fraction of sp³-hybridized carbons (Fsp3) is 0.300. The minimum absolute atomic E-state index is 0.0550. The normalized spacial score (nSPS) is 11.0. The number of hydrogen-bond acceptors (Lipinski definition) is 1. The van der Waals surface area contributed by atoms with E-state index in [0.717, 1.165) is 22.5 Å². The molecule has 0 radical (unpaired) electrons. The summed E-state index contributed by atoms with van der Waals surface area (Å²) in [5.74, 6) is 0. The van der Waals surface area contributed by atoms with Crippen molar-refractivity contribution < 1.29 is 0 Å². The molecule has 2 heterocycles. The van der Waals surface area contributed by atoms with Gasteiger partial charge in [0.2, 0.25) is 0 Å². The molecule has 0 unspecified atom stereocenters. The van der Waals surface area contributed by atoms with E-state index in [2.05, 4.69) is 4.98 Å². The molecule has 0 saturated heterocycles. The van der Waals surface area contributed by atoms with Gasteiger partial charge in [0.25, 0.3) is 0 Å². The summed E-state index contributed by atoms with van der Waals surface area (Å²) in [6.07, 6.45) is 0. The van der Waals surface area contributed by atoms with E-state index in [1.165, 1.54) is 0 Å². The predicted molar refractivity (Wildman–Crippen MR) is 52.2 cm³/mol. The van der Waals surface area contributed by atoms with Gasteiger partial charge in [0.15, 0.2) is 0 Å². The number of nitrogens with one attached hydrogen (secondary N) is 1. The molecule has 0 aliphatic heterocycles. The van der Waals surface area contributed by atoms with E-state index >= 15 is 0 Å². The zero-order chi connectivity index (χ0) is 9.59. The van der Waals surface area contributed by atoms with Gasteiger partial charge in [-0.1, -0.05) is 0 Å². The van der Waals surface area contributed by atoms with Crippen molar-refractivity contribution in [1.82, 2.24) is 9.38 Å². The Labute approximate surface area is 76.0 Å². The first-order chi connectivity index (χ1) is 6.09. The van der Waals surface area contributed by atoms with Crippen LogP contribution in [0, 0.1) is 20.8 Å². The zero-order valence-electron chi connectivity index (χ0n) is 8.01. The van der Waals surface area contributed by atoms with Crippen molar-refractivity contribution in [3.05, 3.63) is 39.6 Å². The molecule has 3 nitrogen and oxygen atoms in total. The van der Waals surface area contributed by atoms with Crippen molar-refractivity contribution in [1.29, 1.82) is 0 Å².